The molecule has 1 atom stereocenters. The third-order valence-corrected chi connectivity index (χ3v) is 3.22. The summed E-state index contributed by atoms with van der Waals surface area (Å²) in [6.45, 7) is 4.18. The number of imide groups is 2. The molecule has 0 spiro atoms. The Morgan fingerprint density at radius 3 is 2.11 bits per heavy atom. The molecule has 18 heavy (non-hydrogen) atoms. The first-order valence-corrected chi connectivity index (χ1v) is 6.24. The zero-order valence-electron chi connectivity index (χ0n) is 11.4. The molecule has 0 radical (unpaired) electrons. The maximum absolute atomic E-state index is 11.5. The van der Waals surface area contributed by atoms with Gasteiger partial charge < -0.3 is 0 Å². The molecule has 96 valence electrons. The van der Waals surface area contributed by atoms with E-state index in [1.165, 1.54) is 0 Å². The Kier molecular flexibility index (Phi) is 8.48. The quantitative estimate of drug-likeness (QED) is 0.456. The van der Waals surface area contributed by atoms with Crippen molar-refractivity contribution in [2.45, 2.75) is 46.0 Å². The number of nitrogens with one attached hydrogen (secondary N) is 2. The van der Waals surface area contributed by atoms with E-state index in [0.29, 0.717) is 12.3 Å². The monoisotopic (exact) mass is 263 g/mol. The van der Waals surface area contributed by atoms with E-state index in [0.717, 1.165) is 25.7 Å². The first kappa shape index (κ1) is 17.6. The fraction of sp³-hybridized carbons (Fsp3) is 0.750. The van der Waals surface area contributed by atoms with Gasteiger partial charge in [0.2, 0.25) is 11.8 Å². The van der Waals surface area contributed by atoms with Gasteiger partial charge in [-0.05, 0) is 12.3 Å². The third-order valence-electron chi connectivity index (χ3n) is 3.22. The minimum absolute atomic E-state index is 0. The summed E-state index contributed by atoms with van der Waals surface area (Å²) in [6, 6.07) is -0.710. The molecule has 5 nitrogen and oxygen atoms in total. The van der Waals surface area contributed by atoms with Crippen molar-refractivity contribution in [3.05, 3.63) is 0 Å². The van der Waals surface area contributed by atoms with Crippen molar-refractivity contribution < 1.29 is 43.9 Å². The standard InChI is InChI=1S/C12H20N2O3.Na/c1-3-5-6-8(4-2)7-9-10(15)13-12(17)14-11(9)16;/h8-9H,3-7H2,1-2H3,(H2,13,14,15,16,17);/q;+1. The van der Waals surface area contributed by atoms with Crippen molar-refractivity contribution >= 4 is 17.8 Å². The zero-order chi connectivity index (χ0) is 12.8. The molecule has 0 aromatic carbocycles. The Labute approximate surface area is 130 Å². The molecule has 1 saturated heterocycles. The van der Waals surface area contributed by atoms with Gasteiger partial charge >= 0.3 is 35.6 Å². The summed E-state index contributed by atoms with van der Waals surface area (Å²) in [5.74, 6) is -1.28. The van der Waals surface area contributed by atoms with Crippen LogP contribution in [-0.2, 0) is 9.59 Å². The number of barbiturate groups is 1. The molecule has 0 aliphatic carbocycles. The van der Waals surface area contributed by atoms with Gasteiger partial charge in [-0.25, -0.2) is 4.79 Å². The second kappa shape index (κ2) is 8.67. The second-order valence-electron chi connectivity index (χ2n) is 4.51. The summed E-state index contributed by atoms with van der Waals surface area (Å²) in [5, 5.41) is 4.27. The summed E-state index contributed by atoms with van der Waals surface area (Å²) in [4.78, 5) is 34.0. The van der Waals surface area contributed by atoms with Gasteiger partial charge in [0.1, 0.15) is 5.92 Å². The first-order valence-electron chi connectivity index (χ1n) is 6.24. The van der Waals surface area contributed by atoms with Crippen LogP contribution in [0.25, 0.3) is 0 Å². The maximum Gasteiger partial charge on any atom is 1.00 e. The van der Waals surface area contributed by atoms with Gasteiger partial charge in [-0.1, -0.05) is 39.5 Å². The van der Waals surface area contributed by atoms with Crippen LogP contribution in [-0.4, -0.2) is 17.8 Å². The average molecular weight is 263 g/mol. The Bertz CT molecular complexity index is 300. The van der Waals surface area contributed by atoms with Crippen molar-refractivity contribution in [1.82, 2.24) is 10.6 Å². The van der Waals surface area contributed by atoms with Gasteiger partial charge in [-0.2, -0.15) is 0 Å². The van der Waals surface area contributed by atoms with Crippen molar-refractivity contribution in [1.29, 1.82) is 0 Å². The van der Waals surface area contributed by atoms with E-state index in [4.69, 9.17) is 0 Å². The Morgan fingerprint density at radius 1 is 1.11 bits per heavy atom. The van der Waals surface area contributed by atoms with Crippen LogP contribution in [0, 0.1) is 11.8 Å². The normalized spacial score (nSPS) is 17.8. The van der Waals surface area contributed by atoms with E-state index in [1.807, 2.05) is 0 Å². The van der Waals surface area contributed by atoms with Crippen molar-refractivity contribution in [3.8, 4) is 0 Å². The average Bonchev–Trinajstić information content (AvgIpc) is 2.27. The van der Waals surface area contributed by atoms with E-state index in [1.54, 1.807) is 0 Å². The Morgan fingerprint density at radius 2 is 1.67 bits per heavy atom. The predicted octanol–water partition coefficient (Wildman–Crippen LogP) is -1.42. The summed E-state index contributed by atoms with van der Waals surface area (Å²) in [5.41, 5.74) is 0. The fourth-order valence-corrected chi connectivity index (χ4v) is 2.08. The molecule has 1 fully saturated rings. The summed E-state index contributed by atoms with van der Waals surface area (Å²) < 4.78 is 0. The van der Waals surface area contributed by atoms with Crippen LogP contribution in [0.5, 0.6) is 0 Å². The minimum atomic E-state index is -0.713. The SMILES string of the molecule is CCCCC(CC)CC1C(=O)NC(=O)NC1=O.[Na+]. The van der Waals surface area contributed by atoms with Gasteiger partial charge in [-0.3, -0.25) is 20.2 Å². The van der Waals surface area contributed by atoms with Crippen LogP contribution >= 0.6 is 0 Å². The van der Waals surface area contributed by atoms with Crippen LogP contribution in [0.1, 0.15) is 46.0 Å². The molecule has 1 aliphatic heterocycles. The molecule has 1 aliphatic rings. The fourth-order valence-electron chi connectivity index (χ4n) is 2.08. The van der Waals surface area contributed by atoms with E-state index in [2.05, 4.69) is 24.5 Å². The molecule has 1 rings (SSSR count). The molecule has 6 heteroatoms. The van der Waals surface area contributed by atoms with Gasteiger partial charge in [0, 0.05) is 0 Å². The number of carbonyl (C=O) groups is 3. The van der Waals surface area contributed by atoms with Crippen LogP contribution in [0.3, 0.4) is 0 Å². The van der Waals surface area contributed by atoms with Crippen molar-refractivity contribution in [2.24, 2.45) is 11.8 Å². The largest absolute Gasteiger partial charge is 1.00 e. The molecule has 2 N–H and O–H groups in total. The van der Waals surface area contributed by atoms with E-state index in [-0.39, 0.29) is 29.6 Å². The number of hydrogen-bond acceptors (Lipinski definition) is 3. The molecule has 0 aromatic heterocycles. The molecule has 0 bridgehead atoms. The van der Waals surface area contributed by atoms with Crippen LogP contribution in [0.15, 0.2) is 0 Å². The number of hydrogen-bond donors (Lipinski definition) is 2. The van der Waals surface area contributed by atoms with E-state index in [9.17, 15) is 14.4 Å². The molecule has 4 amide bonds. The summed E-state index contributed by atoms with van der Waals surface area (Å²) in [7, 11) is 0. The summed E-state index contributed by atoms with van der Waals surface area (Å²) >= 11 is 0. The molecule has 0 saturated carbocycles. The van der Waals surface area contributed by atoms with Gasteiger partial charge in [-0.15, -0.1) is 0 Å². The van der Waals surface area contributed by atoms with Crippen LogP contribution < -0.4 is 40.2 Å². The van der Waals surface area contributed by atoms with Crippen LogP contribution in [0.2, 0.25) is 0 Å². The zero-order valence-corrected chi connectivity index (χ0v) is 13.4. The van der Waals surface area contributed by atoms with Gasteiger partial charge in [0.05, 0.1) is 0 Å². The molecular formula is C12H20N2NaO3+. The van der Waals surface area contributed by atoms with Crippen LogP contribution in [0.4, 0.5) is 4.79 Å². The molecule has 1 unspecified atom stereocenters. The number of carbonyl (C=O) groups excluding carboxylic acids is 3. The van der Waals surface area contributed by atoms with E-state index < -0.39 is 23.8 Å². The third kappa shape index (κ3) is 5.08. The molecule has 1 heterocycles. The number of unbranched alkanes of at least 4 members (excludes halogenated alkanes) is 1. The minimum Gasteiger partial charge on any atom is -0.277 e. The van der Waals surface area contributed by atoms with E-state index >= 15 is 0 Å². The Balaban J connectivity index is 0.00000289. The number of amides is 4. The first-order chi connectivity index (χ1) is 8.08. The van der Waals surface area contributed by atoms with Crippen molar-refractivity contribution in [2.75, 3.05) is 0 Å². The van der Waals surface area contributed by atoms with Crippen molar-refractivity contribution in [3.63, 3.8) is 0 Å². The number of urea groups is 1. The molecule has 0 aromatic rings. The predicted molar refractivity (Wildman–Crippen MR) is 63.1 cm³/mol. The Hall–Kier alpha value is -0.390. The second-order valence-corrected chi connectivity index (χ2v) is 4.51. The maximum atomic E-state index is 11.5. The summed E-state index contributed by atoms with van der Waals surface area (Å²) in [6.07, 6.45) is 4.72. The topological polar surface area (TPSA) is 75.3 Å². The smallest absolute Gasteiger partial charge is 0.277 e. The van der Waals surface area contributed by atoms with Gasteiger partial charge in [0.15, 0.2) is 0 Å². The molecular weight excluding hydrogens is 243 g/mol. The number of rotatable bonds is 6. The van der Waals surface area contributed by atoms with Gasteiger partial charge in [0.25, 0.3) is 0 Å².